The number of ether oxygens (including phenoxy) is 2. The average molecular weight is 373 g/mol. The van der Waals surface area contributed by atoms with E-state index in [4.69, 9.17) is 9.47 Å². The van der Waals surface area contributed by atoms with Gasteiger partial charge in [0.15, 0.2) is 16.6 Å². The molecule has 2 aromatic heterocycles. The Hall–Kier alpha value is -3.27. The highest BCUT2D eigenvalue weighted by Gasteiger charge is 2.26. The lowest BCUT2D eigenvalue weighted by Gasteiger charge is -2.10. The molecule has 2 heterocycles. The zero-order chi connectivity index (χ0) is 18.7. The largest absolute Gasteiger partial charge is 0.493 e. The molecule has 0 saturated carbocycles. The first-order valence-electron chi connectivity index (χ1n) is 7.51. The second-order valence-electron chi connectivity index (χ2n) is 5.17. The van der Waals surface area contributed by atoms with Crippen LogP contribution in [-0.4, -0.2) is 27.0 Å². The summed E-state index contributed by atoms with van der Waals surface area (Å²) >= 11 is 1.38. The maximum atomic E-state index is 11.6. The molecular weight excluding hydrogens is 358 g/mol. The van der Waals surface area contributed by atoms with Crippen LogP contribution in [0.5, 0.6) is 17.4 Å². The molecule has 3 rings (SSSR count). The van der Waals surface area contributed by atoms with Gasteiger partial charge in [-0.1, -0.05) is 12.1 Å². The summed E-state index contributed by atoms with van der Waals surface area (Å²) in [5.41, 5.74) is 0.462. The van der Waals surface area contributed by atoms with Crippen molar-refractivity contribution in [2.45, 2.75) is 13.8 Å². The van der Waals surface area contributed by atoms with E-state index in [1.54, 1.807) is 24.3 Å². The van der Waals surface area contributed by atoms with Gasteiger partial charge in [-0.2, -0.15) is 4.98 Å². The van der Waals surface area contributed by atoms with Gasteiger partial charge in [-0.05, 0) is 26.0 Å². The molecule has 0 amide bonds. The van der Waals surface area contributed by atoms with E-state index in [-0.39, 0.29) is 17.4 Å². The summed E-state index contributed by atoms with van der Waals surface area (Å²) < 4.78 is 10.8. The molecule has 9 nitrogen and oxygen atoms in total. The van der Waals surface area contributed by atoms with Crippen LogP contribution < -0.4 is 14.8 Å². The number of nitrogens with one attached hydrogen (secondary N) is 1. The monoisotopic (exact) mass is 373 g/mol. The molecule has 0 spiro atoms. The van der Waals surface area contributed by atoms with Crippen LogP contribution in [0.1, 0.15) is 10.6 Å². The number of nitrogens with zero attached hydrogens (tertiary/aromatic N) is 4. The Kier molecular flexibility index (Phi) is 4.94. The van der Waals surface area contributed by atoms with Crippen molar-refractivity contribution in [3.8, 4) is 17.4 Å². The number of thiazole rings is 1. The van der Waals surface area contributed by atoms with Crippen molar-refractivity contribution in [2.24, 2.45) is 0 Å². The van der Waals surface area contributed by atoms with Gasteiger partial charge in [-0.3, -0.25) is 10.1 Å². The summed E-state index contributed by atoms with van der Waals surface area (Å²) in [5.74, 6) is 0.551. The number of benzene rings is 1. The third-order valence-corrected chi connectivity index (χ3v) is 4.49. The number of hydrogen-bond donors (Lipinski definition) is 1. The summed E-state index contributed by atoms with van der Waals surface area (Å²) in [4.78, 5) is 24.2. The Balaban J connectivity index is 1.99. The molecule has 0 bridgehead atoms. The van der Waals surface area contributed by atoms with Crippen LogP contribution in [0.15, 0.2) is 30.6 Å². The first-order chi connectivity index (χ1) is 12.5. The minimum Gasteiger partial charge on any atom is -0.493 e. The van der Waals surface area contributed by atoms with E-state index in [1.165, 1.54) is 24.8 Å². The molecule has 1 N–H and O–H groups in total. The van der Waals surface area contributed by atoms with Gasteiger partial charge < -0.3 is 14.8 Å². The van der Waals surface area contributed by atoms with E-state index < -0.39 is 4.92 Å². The number of methoxy groups -OCH3 is 1. The predicted octanol–water partition coefficient (Wildman–Crippen LogP) is 4.00. The van der Waals surface area contributed by atoms with Crippen LogP contribution in [0.2, 0.25) is 0 Å². The number of aromatic nitrogens is 3. The summed E-state index contributed by atoms with van der Waals surface area (Å²) in [6, 6.07) is 6.80. The van der Waals surface area contributed by atoms with Gasteiger partial charge in [0.25, 0.3) is 0 Å². The van der Waals surface area contributed by atoms with Crippen LogP contribution in [0.25, 0.3) is 0 Å². The standard InChI is InChI=1S/C16H15N5O4S/c1-9-10(2)26-16(19-9)20-14-13(21(22)23)15(18-8-17-14)25-12-7-5-4-6-11(12)24-3/h4-8H,1-3H3,(H,17,18,19,20). The summed E-state index contributed by atoms with van der Waals surface area (Å²) in [7, 11) is 1.48. The molecule has 1 aromatic carbocycles. The van der Waals surface area contributed by atoms with E-state index in [1.807, 2.05) is 13.8 Å². The molecule has 0 radical (unpaired) electrons. The number of aryl methyl sites for hydroxylation is 2. The fourth-order valence-corrected chi connectivity index (χ4v) is 2.94. The van der Waals surface area contributed by atoms with Gasteiger partial charge >= 0.3 is 11.6 Å². The Morgan fingerprint density at radius 2 is 1.92 bits per heavy atom. The van der Waals surface area contributed by atoms with Crippen molar-refractivity contribution >= 4 is 28.0 Å². The lowest BCUT2D eigenvalue weighted by molar-refractivity contribution is -0.385. The summed E-state index contributed by atoms with van der Waals surface area (Å²) in [6.45, 7) is 3.78. The molecular formula is C16H15N5O4S. The fraction of sp³-hybridized carbons (Fsp3) is 0.188. The molecule has 0 fully saturated rings. The van der Waals surface area contributed by atoms with Gasteiger partial charge in [-0.25, -0.2) is 9.97 Å². The molecule has 0 aliphatic heterocycles. The second-order valence-corrected chi connectivity index (χ2v) is 6.37. The molecule has 0 saturated heterocycles. The van der Waals surface area contributed by atoms with Crippen molar-refractivity contribution in [2.75, 3.05) is 12.4 Å². The van der Waals surface area contributed by atoms with Gasteiger partial charge in [-0.15, -0.1) is 11.3 Å². The SMILES string of the molecule is COc1ccccc1Oc1ncnc(Nc2nc(C)c(C)s2)c1[N+](=O)[O-]. The minimum absolute atomic E-state index is 0.00338. The number of anilines is 2. The van der Waals surface area contributed by atoms with Crippen LogP contribution in [0.4, 0.5) is 16.6 Å². The lowest BCUT2D eigenvalue weighted by Crippen LogP contribution is -2.03. The highest BCUT2D eigenvalue weighted by Crippen LogP contribution is 2.38. The van der Waals surface area contributed by atoms with Crippen molar-refractivity contribution in [1.29, 1.82) is 0 Å². The maximum Gasteiger partial charge on any atom is 0.373 e. The molecule has 0 aliphatic rings. The highest BCUT2D eigenvalue weighted by atomic mass is 32.1. The molecule has 0 unspecified atom stereocenters. The highest BCUT2D eigenvalue weighted by molar-refractivity contribution is 7.15. The third-order valence-electron chi connectivity index (χ3n) is 3.50. The Bertz CT molecular complexity index is 940. The first-order valence-corrected chi connectivity index (χ1v) is 8.32. The van der Waals surface area contributed by atoms with Gasteiger partial charge in [0.1, 0.15) is 6.33 Å². The van der Waals surface area contributed by atoms with Crippen LogP contribution in [0, 0.1) is 24.0 Å². The molecule has 0 aliphatic carbocycles. The minimum atomic E-state index is -0.597. The topological polar surface area (TPSA) is 112 Å². The molecule has 134 valence electrons. The Morgan fingerprint density at radius 1 is 1.19 bits per heavy atom. The van der Waals surface area contributed by atoms with Crippen molar-refractivity contribution in [3.63, 3.8) is 0 Å². The van der Waals surface area contributed by atoms with E-state index in [0.717, 1.165) is 10.6 Å². The predicted molar refractivity (Wildman–Crippen MR) is 96.6 cm³/mol. The van der Waals surface area contributed by atoms with Gasteiger partial charge in [0.05, 0.1) is 17.7 Å². The average Bonchev–Trinajstić information content (AvgIpc) is 2.92. The van der Waals surface area contributed by atoms with Gasteiger partial charge in [0, 0.05) is 4.88 Å². The third kappa shape index (κ3) is 3.54. The Labute approximate surface area is 152 Å². The number of para-hydroxylation sites is 2. The normalized spacial score (nSPS) is 10.4. The van der Waals surface area contributed by atoms with Crippen LogP contribution in [0.3, 0.4) is 0 Å². The molecule has 10 heteroatoms. The fourth-order valence-electron chi connectivity index (χ4n) is 2.13. The summed E-state index contributed by atoms with van der Waals surface area (Å²) in [5, 5.41) is 15.0. The number of nitro groups is 1. The van der Waals surface area contributed by atoms with E-state index >= 15 is 0 Å². The molecule has 0 atom stereocenters. The number of rotatable bonds is 6. The van der Waals surface area contributed by atoms with Crippen LogP contribution in [-0.2, 0) is 0 Å². The lowest BCUT2D eigenvalue weighted by atomic mass is 10.3. The molecule has 3 aromatic rings. The smallest absolute Gasteiger partial charge is 0.373 e. The first kappa shape index (κ1) is 17.5. The van der Waals surface area contributed by atoms with Crippen molar-refractivity contribution < 1.29 is 14.4 Å². The second kappa shape index (κ2) is 7.31. The number of hydrogen-bond acceptors (Lipinski definition) is 9. The van der Waals surface area contributed by atoms with E-state index in [0.29, 0.717) is 16.6 Å². The van der Waals surface area contributed by atoms with E-state index in [2.05, 4.69) is 20.3 Å². The van der Waals surface area contributed by atoms with E-state index in [9.17, 15) is 10.1 Å². The zero-order valence-corrected chi connectivity index (χ0v) is 15.0. The Morgan fingerprint density at radius 3 is 2.54 bits per heavy atom. The van der Waals surface area contributed by atoms with Gasteiger partial charge in [0.2, 0.25) is 5.82 Å². The van der Waals surface area contributed by atoms with Crippen molar-refractivity contribution in [1.82, 2.24) is 15.0 Å². The maximum absolute atomic E-state index is 11.6. The zero-order valence-electron chi connectivity index (χ0n) is 14.2. The molecule has 26 heavy (non-hydrogen) atoms. The summed E-state index contributed by atoms with van der Waals surface area (Å²) in [6.07, 6.45) is 1.19. The quantitative estimate of drug-likeness (QED) is 0.509. The van der Waals surface area contributed by atoms with Crippen molar-refractivity contribution in [3.05, 3.63) is 51.3 Å². The van der Waals surface area contributed by atoms with Crippen LogP contribution >= 0.6 is 11.3 Å².